The van der Waals surface area contributed by atoms with E-state index in [1.165, 1.54) is 31.2 Å². The van der Waals surface area contributed by atoms with Crippen LogP contribution in [0.2, 0.25) is 5.02 Å². The van der Waals surface area contributed by atoms with Crippen molar-refractivity contribution in [1.82, 2.24) is 10.2 Å². The van der Waals surface area contributed by atoms with Gasteiger partial charge in [-0.25, -0.2) is 0 Å². The standard InChI is InChI=1S/C18H27ClN2/c1-3-20-18(12-13-6-4-5-7-17(13)19)14-10-15-8-9-16(11-14)21(15)2/h4-7,14-16,18,20H,3,8-12H2,1-2H3. The molecule has 2 aliphatic rings. The Morgan fingerprint density at radius 1 is 1.24 bits per heavy atom. The van der Waals surface area contributed by atoms with Gasteiger partial charge < -0.3 is 10.2 Å². The van der Waals surface area contributed by atoms with Crippen molar-refractivity contribution in [2.45, 2.75) is 57.2 Å². The van der Waals surface area contributed by atoms with Crippen LogP contribution in [0.15, 0.2) is 24.3 Å². The van der Waals surface area contributed by atoms with Crippen LogP contribution in [0.3, 0.4) is 0 Å². The van der Waals surface area contributed by atoms with Gasteiger partial charge in [0.25, 0.3) is 0 Å². The average molecular weight is 307 g/mol. The van der Waals surface area contributed by atoms with Gasteiger partial charge >= 0.3 is 0 Å². The zero-order valence-electron chi connectivity index (χ0n) is 13.2. The summed E-state index contributed by atoms with van der Waals surface area (Å²) in [6.07, 6.45) is 6.52. The number of likely N-dealkylation sites (N-methyl/N-ethyl adjacent to an activating group) is 1. The molecule has 2 aliphatic heterocycles. The molecule has 116 valence electrons. The van der Waals surface area contributed by atoms with Crippen molar-refractivity contribution in [2.24, 2.45) is 5.92 Å². The minimum absolute atomic E-state index is 0.562. The summed E-state index contributed by atoms with van der Waals surface area (Å²) in [5.41, 5.74) is 1.29. The van der Waals surface area contributed by atoms with Crippen molar-refractivity contribution in [3.63, 3.8) is 0 Å². The molecule has 0 spiro atoms. The van der Waals surface area contributed by atoms with Gasteiger partial charge in [-0.3, -0.25) is 0 Å². The van der Waals surface area contributed by atoms with E-state index in [1.807, 2.05) is 12.1 Å². The molecule has 2 heterocycles. The van der Waals surface area contributed by atoms with Crippen LogP contribution in [-0.2, 0) is 6.42 Å². The molecule has 0 amide bonds. The highest BCUT2D eigenvalue weighted by Gasteiger charge is 2.40. The van der Waals surface area contributed by atoms with Crippen LogP contribution in [0, 0.1) is 5.92 Å². The average Bonchev–Trinajstić information content (AvgIpc) is 2.71. The predicted octanol–water partition coefficient (Wildman–Crippen LogP) is 3.73. The predicted molar refractivity (Wildman–Crippen MR) is 89.9 cm³/mol. The molecule has 1 N–H and O–H groups in total. The Morgan fingerprint density at radius 2 is 1.90 bits per heavy atom. The number of rotatable bonds is 5. The largest absolute Gasteiger partial charge is 0.314 e. The smallest absolute Gasteiger partial charge is 0.0438 e. The van der Waals surface area contributed by atoms with Crippen LogP contribution >= 0.6 is 11.6 Å². The zero-order chi connectivity index (χ0) is 14.8. The Bertz CT molecular complexity index is 462. The van der Waals surface area contributed by atoms with Gasteiger partial charge in [0, 0.05) is 23.1 Å². The number of hydrogen-bond acceptors (Lipinski definition) is 2. The first kappa shape index (κ1) is 15.3. The van der Waals surface area contributed by atoms with E-state index in [0.29, 0.717) is 6.04 Å². The lowest BCUT2D eigenvalue weighted by atomic mass is 9.82. The molecule has 0 saturated carbocycles. The fraction of sp³-hybridized carbons (Fsp3) is 0.667. The summed E-state index contributed by atoms with van der Waals surface area (Å²) in [6, 6.07) is 10.5. The maximum atomic E-state index is 6.36. The van der Waals surface area contributed by atoms with Crippen molar-refractivity contribution in [2.75, 3.05) is 13.6 Å². The molecule has 3 heteroatoms. The van der Waals surface area contributed by atoms with Crippen LogP contribution in [0.1, 0.15) is 38.2 Å². The van der Waals surface area contributed by atoms with Gasteiger partial charge in [0.05, 0.1) is 0 Å². The fourth-order valence-corrected chi connectivity index (χ4v) is 4.56. The molecule has 2 bridgehead atoms. The molecule has 0 radical (unpaired) electrons. The van der Waals surface area contributed by atoms with E-state index in [2.05, 4.69) is 36.3 Å². The van der Waals surface area contributed by atoms with E-state index in [-0.39, 0.29) is 0 Å². The summed E-state index contributed by atoms with van der Waals surface area (Å²) in [5, 5.41) is 4.65. The summed E-state index contributed by atoms with van der Waals surface area (Å²) < 4.78 is 0. The molecule has 3 atom stereocenters. The molecule has 0 aromatic heterocycles. The number of fused-ring (bicyclic) bond motifs is 2. The minimum atomic E-state index is 0.562. The van der Waals surface area contributed by atoms with Gasteiger partial charge in [-0.1, -0.05) is 36.7 Å². The van der Waals surface area contributed by atoms with Crippen LogP contribution in [0.4, 0.5) is 0 Å². The first-order valence-electron chi connectivity index (χ1n) is 8.37. The third kappa shape index (κ3) is 3.28. The second-order valence-electron chi connectivity index (χ2n) is 6.74. The van der Waals surface area contributed by atoms with Gasteiger partial charge in [-0.05, 0) is 63.2 Å². The molecule has 2 saturated heterocycles. The van der Waals surface area contributed by atoms with Gasteiger partial charge in [0.2, 0.25) is 0 Å². The van der Waals surface area contributed by atoms with Gasteiger partial charge in [0.1, 0.15) is 0 Å². The van der Waals surface area contributed by atoms with Gasteiger partial charge in [0.15, 0.2) is 0 Å². The van der Waals surface area contributed by atoms with E-state index >= 15 is 0 Å². The van der Waals surface area contributed by atoms with E-state index in [9.17, 15) is 0 Å². The second-order valence-corrected chi connectivity index (χ2v) is 7.15. The number of halogens is 1. The van der Waals surface area contributed by atoms with E-state index < -0.39 is 0 Å². The van der Waals surface area contributed by atoms with Gasteiger partial charge in [-0.2, -0.15) is 0 Å². The molecule has 2 fully saturated rings. The molecule has 1 aromatic carbocycles. The van der Waals surface area contributed by atoms with Crippen molar-refractivity contribution in [3.8, 4) is 0 Å². The normalized spacial score (nSPS) is 30.5. The highest BCUT2D eigenvalue weighted by atomic mass is 35.5. The summed E-state index contributed by atoms with van der Waals surface area (Å²) in [5.74, 6) is 0.787. The second kappa shape index (κ2) is 6.68. The lowest BCUT2D eigenvalue weighted by Gasteiger charge is -2.40. The molecule has 0 aliphatic carbocycles. The number of nitrogens with one attached hydrogen (secondary N) is 1. The summed E-state index contributed by atoms with van der Waals surface area (Å²) in [6.45, 7) is 3.25. The maximum Gasteiger partial charge on any atom is 0.0438 e. The highest BCUT2D eigenvalue weighted by molar-refractivity contribution is 6.31. The van der Waals surface area contributed by atoms with Crippen LogP contribution in [0.25, 0.3) is 0 Å². The number of hydrogen-bond donors (Lipinski definition) is 1. The number of piperidine rings is 1. The van der Waals surface area contributed by atoms with Crippen molar-refractivity contribution < 1.29 is 0 Å². The SMILES string of the molecule is CCNC(Cc1ccccc1Cl)C1CC2CCC(C1)N2C. The van der Waals surface area contributed by atoms with Crippen molar-refractivity contribution in [1.29, 1.82) is 0 Å². The zero-order valence-corrected chi connectivity index (χ0v) is 13.9. The van der Waals surface area contributed by atoms with Crippen molar-refractivity contribution in [3.05, 3.63) is 34.9 Å². The molecule has 21 heavy (non-hydrogen) atoms. The third-order valence-corrected chi connectivity index (χ3v) is 5.94. The van der Waals surface area contributed by atoms with E-state index in [4.69, 9.17) is 11.6 Å². The monoisotopic (exact) mass is 306 g/mol. The summed E-state index contributed by atoms with van der Waals surface area (Å²) in [4.78, 5) is 2.62. The van der Waals surface area contributed by atoms with Crippen LogP contribution in [0.5, 0.6) is 0 Å². The highest BCUT2D eigenvalue weighted by Crippen LogP contribution is 2.39. The molecule has 2 nitrogen and oxygen atoms in total. The lowest BCUT2D eigenvalue weighted by molar-refractivity contribution is 0.112. The molecular weight excluding hydrogens is 280 g/mol. The van der Waals surface area contributed by atoms with Crippen LogP contribution in [-0.4, -0.2) is 36.6 Å². The third-order valence-electron chi connectivity index (χ3n) is 5.57. The summed E-state index contributed by atoms with van der Waals surface area (Å²) >= 11 is 6.36. The fourth-order valence-electron chi connectivity index (χ4n) is 4.35. The number of benzene rings is 1. The van der Waals surface area contributed by atoms with E-state index in [0.717, 1.165) is 36.0 Å². The molecule has 1 aromatic rings. The van der Waals surface area contributed by atoms with Crippen molar-refractivity contribution >= 4 is 11.6 Å². The Hall–Kier alpha value is -0.570. The minimum Gasteiger partial charge on any atom is -0.314 e. The molecule has 3 unspecified atom stereocenters. The molecule has 3 rings (SSSR count). The topological polar surface area (TPSA) is 15.3 Å². The summed E-state index contributed by atoms with van der Waals surface area (Å²) in [7, 11) is 2.31. The Labute approximate surface area is 133 Å². The Balaban J connectivity index is 1.72. The molecular formula is C18H27ClN2. The van der Waals surface area contributed by atoms with Gasteiger partial charge in [-0.15, -0.1) is 0 Å². The van der Waals surface area contributed by atoms with Crippen LogP contribution < -0.4 is 5.32 Å². The lowest BCUT2D eigenvalue weighted by Crippen LogP contribution is -2.47. The van der Waals surface area contributed by atoms with E-state index in [1.54, 1.807) is 0 Å². The Kier molecular flexibility index (Phi) is 4.88. The first-order valence-corrected chi connectivity index (χ1v) is 8.75. The Morgan fingerprint density at radius 3 is 2.52 bits per heavy atom. The first-order chi connectivity index (χ1) is 10.2. The quantitative estimate of drug-likeness (QED) is 0.891. The number of nitrogens with zero attached hydrogens (tertiary/aromatic N) is 1. The maximum absolute atomic E-state index is 6.36.